The first kappa shape index (κ1) is 15.3. The summed E-state index contributed by atoms with van der Waals surface area (Å²) in [5, 5.41) is 8.75. The zero-order valence-corrected chi connectivity index (χ0v) is 12.7. The van der Waals surface area contributed by atoms with E-state index in [1.807, 2.05) is 0 Å². The molecule has 1 aromatic heterocycles. The van der Waals surface area contributed by atoms with Gasteiger partial charge >= 0.3 is 0 Å². The molecule has 112 valence electrons. The smallest absolute Gasteiger partial charge is 0.265 e. The number of carbonyl (C=O) groups excluding carboxylic acids is 1. The molecule has 0 aliphatic heterocycles. The third-order valence-corrected chi connectivity index (χ3v) is 4.00. The van der Waals surface area contributed by atoms with Gasteiger partial charge in [-0.3, -0.25) is 9.89 Å². The fourth-order valence-corrected chi connectivity index (χ4v) is 2.88. The van der Waals surface area contributed by atoms with Gasteiger partial charge in [0.05, 0.1) is 24.6 Å². The molecule has 2 N–H and O–H groups in total. The zero-order chi connectivity index (χ0) is 15.6. The summed E-state index contributed by atoms with van der Waals surface area (Å²) in [5.41, 5.74) is 1.12. The summed E-state index contributed by atoms with van der Waals surface area (Å²) >= 11 is 0. The zero-order valence-electron chi connectivity index (χ0n) is 11.2. The number of nitrogens with zero attached hydrogens (tertiary/aromatic N) is 1. The van der Waals surface area contributed by atoms with Gasteiger partial charge in [0.1, 0.15) is 4.90 Å². The molecule has 0 radical (unpaired) electrons. The number of anilines is 1. The fourth-order valence-electron chi connectivity index (χ4n) is 1.79. The minimum Gasteiger partial charge on any atom is -0.493 e. The Morgan fingerprint density at radius 2 is 2.14 bits per heavy atom. The van der Waals surface area contributed by atoms with Crippen LogP contribution in [0.15, 0.2) is 29.4 Å². The molecular weight excluding hydrogens is 318 g/mol. The summed E-state index contributed by atoms with van der Waals surface area (Å²) in [4.78, 5) is 11.8. The van der Waals surface area contributed by atoms with E-state index in [1.165, 1.54) is 25.6 Å². The number of aromatic amines is 1. The van der Waals surface area contributed by atoms with Crippen LogP contribution in [0.25, 0.3) is 0 Å². The minimum absolute atomic E-state index is 0.0209. The van der Waals surface area contributed by atoms with Crippen molar-refractivity contribution in [3.63, 3.8) is 0 Å². The molecule has 0 aliphatic carbocycles. The molecule has 0 spiro atoms. The highest BCUT2D eigenvalue weighted by atomic mass is 35.7. The SMILES string of the molecule is COc1c(NC(=O)c2cn[nH]c2)cc(C)cc1S(=O)(=O)Cl. The molecular formula is C12H12ClN3O4S. The molecule has 0 unspecified atom stereocenters. The van der Waals surface area contributed by atoms with Crippen molar-refractivity contribution in [1.82, 2.24) is 10.2 Å². The maximum Gasteiger partial charge on any atom is 0.265 e. The lowest BCUT2D eigenvalue weighted by Gasteiger charge is -2.13. The Balaban J connectivity index is 2.49. The number of hydrogen-bond donors (Lipinski definition) is 2. The number of methoxy groups -OCH3 is 1. The predicted octanol–water partition coefficient (Wildman–Crippen LogP) is 1.91. The van der Waals surface area contributed by atoms with Crippen LogP contribution in [0.4, 0.5) is 5.69 Å². The van der Waals surface area contributed by atoms with Gasteiger partial charge in [-0.25, -0.2) is 8.42 Å². The number of amides is 1. The summed E-state index contributed by atoms with van der Waals surface area (Å²) in [6.07, 6.45) is 2.76. The summed E-state index contributed by atoms with van der Waals surface area (Å²) in [7, 11) is 2.68. The van der Waals surface area contributed by atoms with Crippen LogP contribution in [0.3, 0.4) is 0 Å². The maximum atomic E-state index is 12.0. The van der Waals surface area contributed by atoms with Crippen LogP contribution >= 0.6 is 10.7 Å². The van der Waals surface area contributed by atoms with E-state index in [-0.39, 0.29) is 16.3 Å². The lowest BCUT2D eigenvalue weighted by molar-refractivity contribution is 0.102. The number of aryl methyl sites for hydroxylation is 1. The first-order valence-corrected chi connectivity index (χ1v) is 8.07. The van der Waals surface area contributed by atoms with E-state index in [0.29, 0.717) is 11.1 Å². The van der Waals surface area contributed by atoms with Crippen molar-refractivity contribution >= 4 is 31.3 Å². The van der Waals surface area contributed by atoms with E-state index >= 15 is 0 Å². The molecule has 1 amide bonds. The van der Waals surface area contributed by atoms with Gasteiger partial charge in [-0.1, -0.05) is 0 Å². The van der Waals surface area contributed by atoms with Crippen molar-refractivity contribution in [1.29, 1.82) is 0 Å². The van der Waals surface area contributed by atoms with E-state index in [2.05, 4.69) is 15.5 Å². The van der Waals surface area contributed by atoms with Gasteiger partial charge in [0.25, 0.3) is 15.0 Å². The van der Waals surface area contributed by atoms with E-state index < -0.39 is 15.0 Å². The van der Waals surface area contributed by atoms with E-state index in [4.69, 9.17) is 15.4 Å². The van der Waals surface area contributed by atoms with Crippen LogP contribution in [0.1, 0.15) is 15.9 Å². The van der Waals surface area contributed by atoms with Crippen molar-refractivity contribution in [3.05, 3.63) is 35.7 Å². The molecule has 2 rings (SSSR count). The highest BCUT2D eigenvalue weighted by molar-refractivity contribution is 8.13. The van der Waals surface area contributed by atoms with Crippen LogP contribution in [0.5, 0.6) is 5.75 Å². The largest absolute Gasteiger partial charge is 0.493 e. The second-order valence-corrected chi connectivity index (χ2v) is 6.76. The average Bonchev–Trinajstić information content (AvgIpc) is 2.91. The van der Waals surface area contributed by atoms with Crippen molar-refractivity contribution in [2.75, 3.05) is 12.4 Å². The second-order valence-electron chi connectivity index (χ2n) is 4.22. The van der Waals surface area contributed by atoms with Gasteiger partial charge in [0, 0.05) is 16.9 Å². The number of rotatable bonds is 4. The lowest BCUT2D eigenvalue weighted by Crippen LogP contribution is -2.13. The van der Waals surface area contributed by atoms with Gasteiger partial charge < -0.3 is 10.1 Å². The molecule has 0 atom stereocenters. The number of carbonyl (C=O) groups is 1. The van der Waals surface area contributed by atoms with Crippen LogP contribution < -0.4 is 10.1 Å². The Morgan fingerprint density at radius 1 is 1.43 bits per heavy atom. The summed E-state index contributed by atoms with van der Waals surface area (Å²) < 4.78 is 28.3. The normalized spacial score (nSPS) is 11.2. The van der Waals surface area contributed by atoms with Crippen LogP contribution in [0.2, 0.25) is 0 Å². The number of benzene rings is 1. The lowest BCUT2D eigenvalue weighted by atomic mass is 10.2. The third-order valence-electron chi connectivity index (χ3n) is 2.67. The highest BCUT2D eigenvalue weighted by Crippen LogP contribution is 2.35. The molecule has 0 aliphatic rings. The van der Waals surface area contributed by atoms with Gasteiger partial charge in [-0.2, -0.15) is 5.10 Å². The standard InChI is InChI=1S/C12H12ClN3O4S/c1-7-3-9(16-12(17)8-5-14-15-6-8)11(20-2)10(4-7)21(13,18)19/h3-6H,1-2H3,(H,14,15)(H,16,17). The fraction of sp³-hybridized carbons (Fsp3) is 0.167. The number of H-pyrrole nitrogens is 1. The molecule has 1 aromatic carbocycles. The summed E-state index contributed by atoms with van der Waals surface area (Å²) in [6, 6.07) is 2.96. The van der Waals surface area contributed by atoms with Crippen LogP contribution in [-0.4, -0.2) is 31.6 Å². The number of hydrogen-bond acceptors (Lipinski definition) is 5. The minimum atomic E-state index is -4.00. The van der Waals surface area contributed by atoms with Crippen molar-refractivity contribution in [2.24, 2.45) is 0 Å². The van der Waals surface area contributed by atoms with Crippen LogP contribution in [0, 0.1) is 6.92 Å². The number of nitrogens with one attached hydrogen (secondary N) is 2. The molecule has 0 saturated heterocycles. The van der Waals surface area contributed by atoms with Crippen molar-refractivity contribution < 1.29 is 17.9 Å². The molecule has 0 fully saturated rings. The first-order chi connectivity index (χ1) is 9.82. The van der Waals surface area contributed by atoms with Crippen LogP contribution in [-0.2, 0) is 9.05 Å². The predicted molar refractivity (Wildman–Crippen MR) is 77.3 cm³/mol. The number of halogens is 1. The van der Waals surface area contributed by atoms with Gasteiger partial charge in [0.15, 0.2) is 5.75 Å². The second kappa shape index (κ2) is 5.74. The molecule has 9 heteroatoms. The molecule has 0 bridgehead atoms. The Hall–Kier alpha value is -2.06. The number of aromatic nitrogens is 2. The van der Waals surface area contributed by atoms with Gasteiger partial charge in [0.2, 0.25) is 0 Å². The van der Waals surface area contributed by atoms with E-state index in [9.17, 15) is 13.2 Å². The van der Waals surface area contributed by atoms with Gasteiger partial charge in [-0.15, -0.1) is 0 Å². The Bertz CT molecular complexity index is 772. The number of ether oxygens (including phenoxy) is 1. The van der Waals surface area contributed by atoms with Crippen molar-refractivity contribution in [3.8, 4) is 5.75 Å². The molecule has 21 heavy (non-hydrogen) atoms. The Morgan fingerprint density at radius 3 is 2.67 bits per heavy atom. The van der Waals surface area contributed by atoms with E-state index in [0.717, 1.165) is 0 Å². The molecule has 7 nitrogen and oxygen atoms in total. The quantitative estimate of drug-likeness (QED) is 0.834. The first-order valence-electron chi connectivity index (χ1n) is 5.76. The molecule has 1 heterocycles. The summed E-state index contributed by atoms with van der Waals surface area (Å²) in [5.74, 6) is -0.474. The average molecular weight is 330 g/mol. The molecule has 0 saturated carbocycles. The Labute approximate surface area is 125 Å². The maximum absolute atomic E-state index is 12.0. The summed E-state index contributed by atoms with van der Waals surface area (Å²) in [6.45, 7) is 1.68. The van der Waals surface area contributed by atoms with E-state index in [1.54, 1.807) is 13.0 Å². The van der Waals surface area contributed by atoms with Crippen molar-refractivity contribution in [2.45, 2.75) is 11.8 Å². The topological polar surface area (TPSA) is 101 Å². The van der Waals surface area contributed by atoms with Gasteiger partial charge in [-0.05, 0) is 24.6 Å². The Kier molecular flexibility index (Phi) is 4.19. The highest BCUT2D eigenvalue weighted by Gasteiger charge is 2.22. The third kappa shape index (κ3) is 3.34. The molecule has 2 aromatic rings. The monoisotopic (exact) mass is 329 g/mol.